The van der Waals surface area contributed by atoms with Gasteiger partial charge >= 0.3 is 0 Å². The number of ether oxygens (including phenoxy) is 1. The molecule has 2 fully saturated rings. The molecular formula is C14H32FNO. The highest BCUT2D eigenvalue weighted by atomic mass is 19.1. The first-order valence-electron chi connectivity index (χ1n) is 6.99. The predicted octanol–water partition coefficient (Wildman–Crippen LogP) is 3.90. The van der Waals surface area contributed by atoms with Crippen LogP contribution in [-0.4, -0.2) is 44.4 Å². The lowest BCUT2D eigenvalue weighted by Crippen LogP contribution is -2.42. The van der Waals surface area contributed by atoms with Gasteiger partial charge in [-0.05, 0) is 38.8 Å². The maximum atomic E-state index is 9.50. The second-order valence-electron chi connectivity index (χ2n) is 3.85. The van der Waals surface area contributed by atoms with E-state index in [4.69, 9.17) is 4.74 Å². The molecule has 2 saturated heterocycles. The zero-order chi connectivity index (χ0) is 13.7. The van der Waals surface area contributed by atoms with E-state index in [9.17, 15) is 4.39 Å². The van der Waals surface area contributed by atoms with Crippen molar-refractivity contribution in [2.45, 2.75) is 58.9 Å². The maximum Gasteiger partial charge on any atom is 0.0785 e. The van der Waals surface area contributed by atoms with Gasteiger partial charge in [0.15, 0.2) is 0 Å². The normalized spacial score (nSPS) is 19.9. The van der Waals surface area contributed by atoms with Crippen molar-refractivity contribution < 1.29 is 9.13 Å². The summed E-state index contributed by atoms with van der Waals surface area (Å²) in [5.74, 6) is 0. The Morgan fingerprint density at radius 2 is 1.41 bits per heavy atom. The second kappa shape index (κ2) is 12.3. The lowest BCUT2D eigenvalue weighted by molar-refractivity contribution is 0.0655. The third-order valence-electron chi connectivity index (χ3n) is 3.22. The molecule has 0 aromatic heterocycles. The van der Waals surface area contributed by atoms with Gasteiger partial charge in [0.05, 0.1) is 13.8 Å². The number of hydrogen-bond donors (Lipinski definition) is 0. The number of halogens is 1. The largest absolute Gasteiger partial charge is 0.383 e. The molecule has 0 radical (unpaired) electrons. The van der Waals surface area contributed by atoms with Gasteiger partial charge in [0.25, 0.3) is 0 Å². The van der Waals surface area contributed by atoms with Crippen LogP contribution in [0.25, 0.3) is 0 Å². The lowest BCUT2D eigenvalue weighted by Gasteiger charge is -2.30. The zero-order valence-electron chi connectivity index (χ0n) is 12.7. The van der Waals surface area contributed by atoms with Gasteiger partial charge in [0.2, 0.25) is 0 Å². The summed E-state index contributed by atoms with van der Waals surface area (Å²) in [7, 11) is 2.32. The molecule has 2 heterocycles. The Morgan fingerprint density at radius 3 is 1.76 bits per heavy atom. The van der Waals surface area contributed by atoms with Crippen molar-refractivity contribution in [3.05, 3.63) is 0 Å². The molecule has 3 heteroatoms. The van der Waals surface area contributed by atoms with Crippen molar-refractivity contribution >= 4 is 0 Å². The minimum Gasteiger partial charge on any atom is -0.383 e. The number of rotatable bonds is 2. The molecule has 0 unspecified atom stereocenters. The van der Waals surface area contributed by atoms with E-state index < -0.39 is 0 Å². The van der Waals surface area contributed by atoms with Gasteiger partial charge < -0.3 is 4.74 Å². The number of fused-ring (bicyclic) bond motifs is 1. The molecule has 0 amide bonds. The van der Waals surface area contributed by atoms with E-state index >= 15 is 0 Å². The van der Waals surface area contributed by atoms with Crippen LogP contribution in [0.1, 0.15) is 53.4 Å². The molecule has 0 N–H and O–H groups in total. The second-order valence-corrected chi connectivity index (χ2v) is 3.85. The highest BCUT2D eigenvalue weighted by Gasteiger charge is 2.43. The molecule has 17 heavy (non-hydrogen) atoms. The summed E-state index contributed by atoms with van der Waals surface area (Å²) in [5, 5.41) is 0. The van der Waals surface area contributed by atoms with Crippen LogP contribution >= 0.6 is 0 Å². The summed E-state index contributed by atoms with van der Waals surface area (Å²) in [6.45, 7) is 11.6. The van der Waals surface area contributed by atoms with Crippen LogP contribution < -0.4 is 0 Å². The SMILES string of the molecule is CC.CC.CF.COCC12CCCN1CCC2. The van der Waals surface area contributed by atoms with Gasteiger partial charge in [-0.15, -0.1) is 0 Å². The number of hydrogen-bond acceptors (Lipinski definition) is 2. The van der Waals surface area contributed by atoms with Crippen LogP contribution in [0.3, 0.4) is 0 Å². The van der Waals surface area contributed by atoms with E-state index in [-0.39, 0.29) is 0 Å². The van der Waals surface area contributed by atoms with Gasteiger partial charge in [-0.1, -0.05) is 27.7 Å². The number of nitrogens with zero attached hydrogens (tertiary/aromatic N) is 1. The fraction of sp³-hybridized carbons (Fsp3) is 1.00. The molecule has 2 rings (SSSR count). The molecule has 2 nitrogen and oxygen atoms in total. The van der Waals surface area contributed by atoms with Gasteiger partial charge in [0.1, 0.15) is 0 Å². The number of alkyl halides is 1. The summed E-state index contributed by atoms with van der Waals surface area (Å²) in [6, 6.07) is 0. The third-order valence-corrected chi connectivity index (χ3v) is 3.22. The standard InChI is InChI=1S/C9H17NO.2C2H6.CH3F/c1-11-8-9-4-2-6-10(9)7-3-5-9;3*1-2/h2-8H2,1H3;2*1-2H3;1H3. The number of methoxy groups -OCH3 is 1. The Hall–Kier alpha value is -0.150. The van der Waals surface area contributed by atoms with E-state index in [1.165, 1.54) is 38.8 Å². The maximum absolute atomic E-state index is 9.50. The molecule has 0 spiro atoms. The zero-order valence-corrected chi connectivity index (χ0v) is 12.7. The van der Waals surface area contributed by atoms with Gasteiger partial charge in [-0.25, -0.2) is 0 Å². The smallest absolute Gasteiger partial charge is 0.0785 e. The van der Waals surface area contributed by atoms with Crippen molar-refractivity contribution in [1.29, 1.82) is 0 Å². The average molecular weight is 249 g/mol. The predicted molar refractivity (Wildman–Crippen MR) is 74.4 cm³/mol. The third kappa shape index (κ3) is 5.35. The topological polar surface area (TPSA) is 12.5 Å². The molecule has 0 aromatic carbocycles. The van der Waals surface area contributed by atoms with Gasteiger partial charge in [0, 0.05) is 12.6 Å². The van der Waals surface area contributed by atoms with Gasteiger partial charge in [-0.2, -0.15) is 0 Å². The minimum atomic E-state index is 0.467. The minimum absolute atomic E-state index is 0.467. The van der Waals surface area contributed by atoms with Crippen LogP contribution in [0.2, 0.25) is 0 Å². The molecule has 0 atom stereocenters. The Labute approximate surface area is 108 Å². The van der Waals surface area contributed by atoms with E-state index in [1.54, 1.807) is 0 Å². The highest BCUT2D eigenvalue weighted by Crippen LogP contribution is 2.38. The van der Waals surface area contributed by atoms with E-state index in [0.717, 1.165) is 6.61 Å². The first-order valence-corrected chi connectivity index (χ1v) is 6.99. The fourth-order valence-electron chi connectivity index (χ4n) is 2.73. The van der Waals surface area contributed by atoms with Crippen LogP contribution in [0.5, 0.6) is 0 Å². The Morgan fingerprint density at radius 1 is 1.00 bits per heavy atom. The monoisotopic (exact) mass is 249 g/mol. The fourth-order valence-corrected chi connectivity index (χ4v) is 2.73. The Balaban J connectivity index is 0. The first kappa shape index (κ1) is 19.2. The van der Waals surface area contributed by atoms with E-state index in [2.05, 4.69) is 4.90 Å². The lowest BCUT2D eigenvalue weighted by atomic mass is 9.95. The Bertz CT molecular complexity index is 143. The summed E-state index contributed by atoms with van der Waals surface area (Å²) >= 11 is 0. The van der Waals surface area contributed by atoms with Crippen molar-refractivity contribution in [3.63, 3.8) is 0 Å². The summed E-state index contributed by atoms with van der Waals surface area (Å²) in [4.78, 5) is 2.62. The Kier molecular flexibility index (Phi) is 13.9. The quantitative estimate of drug-likeness (QED) is 0.736. The molecule has 0 aliphatic carbocycles. The van der Waals surface area contributed by atoms with Crippen molar-refractivity contribution in [2.75, 3.05) is 34.0 Å². The van der Waals surface area contributed by atoms with Crippen LogP contribution in [0, 0.1) is 0 Å². The van der Waals surface area contributed by atoms with E-state index in [1.807, 2.05) is 34.8 Å². The van der Waals surface area contributed by atoms with E-state index in [0.29, 0.717) is 12.7 Å². The van der Waals surface area contributed by atoms with Crippen molar-refractivity contribution in [1.82, 2.24) is 4.90 Å². The average Bonchev–Trinajstić information content (AvgIpc) is 2.96. The summed E-state index contributed by atoms with van der Waals surface area (Å²) in [6.07, 6.45) is 5.48. The molecule has 2 aliphatic heterocycles. The summed E-state index contributed by atoms with van der Waals surface area (Å²) in [5.41, 5.74) is 0.467. The van der Waals surface area contributed by atoms with Gasteiger partial charge in [-0.3, -0.25) is 9.29 Å². The van der Waals surface area contributed by atoms with Crippen LogP contribution in [0.4, 0.5) is 4.39 Å². The highest BCUT2D eigenvalue weighted by molar-refractivity contribution is 4.99. The molecule has 0 bridgehead atoms. The summed E-state index contributed by atoms with van der Waals surface area (Å²) < 4.78 is 14.8. The van der Waals surface area contributed by atoms with Crippen LogP contribution in [0.15, 0.2) is 0 Å². The van der Waals surface area contributed by atoms with Crippen molar-refractivity contribution in [2.24, 2.45) is 0 Å². The molecule has 0 saturated carbocycles. The van der Waals surface area contributed by atoms with Crippen molar-refractivity contribution in [3.8, 4) is 0 Å². The first-order chi connectivity index (χ1) is 8.37. The molecule has 106 valence electrons. The molecular weight excluding hydrogens is 217 g/mol. The molecule has 2 aliphatic rings. The molecule has 0 aromatic rings. The van der Waals surface area contributed by atoms with Crippen LogP contribution in [-0.2, 0) is 4.74 Å².